The highest BCUT2D eigenvalue weighted by Gasteiger charge is 2.13. The van der Waals surface area contributed by atoms with E-state index in [0.717, 1.165) is 19.6 Å². The van der Waals surface area contributed by atoms with Crippen LogP contribution in [-0.2, 0) is 0 Å². The third-order valence-corrected chi connectivity index (χ3v) is 3.76. The molecule has 2 aromatic carbocycles. The Kier molecular flexibility index (Phi) is 5.57. The number of hydrogen-bond acceptors (Lipinski definition) is 2. The van der Waals surface area contributed by atoms with Crippen molar-refractivity contribution < 1.29 is 0 Å². The molecule has 0 heterocycles. The topological polar surface area (TPSA) is 29.3 Å². The Morgan fingerprint density at radius 3 is 2.30 bits per heavy atom. The van der Waals surface area contributed by atoms with Crippen molar-refractivity contribution in [3.63, 3.8) is 0 Å². The molecule has 0 bridgehead atoms. The van der Waals surface area contributed by atoms with Crippen molar-refractivity contribution in [1.82, 2.24) is 4.90 Å². The zero-order valence-electron chi connectivity index (χ0n) is 12.7. The van der Waals surface area contributed by atoms with Gasteiger partial charge in [0.25, 0.3) is 0 Å². The van der Waals surface area contributed by atoms with E-state index in [-0.39, 0.29) is 6.04 Å². The van der Waals surface area contributed by atoms with Crippen LogP contribution in [0.15, 0.2) is 42.5 Å². The summed E-state index contributed by atoms with van der Waals surface area (Å²) in [5.41, 5.74) is 7.75. The van der Waals surface area contributed by atoms with Gasteiger partial charge in [-0.25, -0.2) is 0 Å². The molecule has 0 saturated carbocycles. The highest BCUT2D eigenvalue weighted by Crippen LogP contribution is 2.23. The lowest BCUT2D eigenvalue weighted by molar-refractivity contribution is 0.259. The summed E-state index contributed by atoms with van der Waals surface area (Å²) < 4.78 is 0. The fourth-order valence-corrected chi connectivity index (χ4v) is 2.88. The van der Waals surface area contributed by atoms with E-state index >= 15 is 0 Å². The van der Waals surface area contributed by atoms with Crippen LogP contribution in [0.2, 0.25) is 0 Å². The first-order valence-electron chi connectivity index (χ1n) is 7.71. The first-order chi connectivity index (χ1) is 9.76. The van der Waals surface area contributed by atoms with Gasteiger partial charge >= 0.3 is 0 Å². The maximum Gasteiger partial charge on any atom is 0.0430 e. The summed E-state index contributed by atoms with van der Waals surface area (Å²) in [7, 11) is 0. The van der Waals surface area contributed by atoms with Crippen LogP contribution in [0.3, 0.4) is 0 Å². The number of fused-ring (bicyclic) bond motifs is 1. The molecule has 20 heavy (non-hydrogen) atoms. The molecule has 0 amide bonds. The Morgan fingerprint density at radius 2 is 1.60 bits per heavy atom. The molecular weight excluding hydrogens is 244 g/mol. The Balaban J connectivity index is 2.20. The van der Waals surface area contributed by atoms with Crippen LogP contribution < -0.4 is 5.73 Å². The minimum Gasteiger partial charge on any atom is -0.323 e. The van der Waals surface area contributed by atoms with Gasteiger partial charge in [0.05, 0.1) is 0 Å². The highest BCUT2D eigenvalue weighted by atomic mass is 15.1. The van der Waals surface area contributed by atoms with E-state index in [4.69, 9.17) is 5.73 Å². The van der Waals surface area contributed by atoms with Crippen molar-refractivity contribution in [2.75, 3.05) is 19.6 Å². The Hall–Kier alpha value is -1.38. The van der Waals surface area contributed by atoms with Gasteiger partial charge in [-0.3, -0.25) is 0 Å². The van der Waals surface area contributed by atoms with Gasteiger partial charge < -0.3 is 10.6 Å². The molecule has 2 aromatic rings. The van der Waals surface area contributed by atoms with E-state index in [9.17, 15) is 0 Å². The van der Waals surface area contributed by atoms with Gasteiger partial charge in [-0.15, -0.1) is 0 Å². The second-order valence-corrected chi connectivity index (χ2v) is 5.48. The molecule has 0 aromatic heterocycles. The van der Waals surface area contributed by atoms with Gasteiger partial charge in [0.2, 0.25) is 0 Å². The Bertz CT molecular complexity index is 524. The molecule has 0 radical (unpaired) electrons. The van der Waals surface area contributed by atoms with Crippen LogP contribution in [0.5, 0.6) is 0 Å². The van der Waals surface area contributed by atoms with Gasteiger partial charge in [0, 0.05) is 12.6 Å². The summed E-state index contributed by atoms with van der Waals surface area (Å²) in [5.74, 6) is 0. The fraction of sp³-hybridized carbons (Fsp3) is 0.444. The van der Waals surface area contributed by atoms with Gasteiger partial charge in [-0.1, -0.05) is 56.3 Å². The molecule has 2 nitrogen and oxygen atoms in total. The second-order valence-electron chi connectivity index (χ2n) is 5.48. The lowest BCUT2D eigenvalue weighted by Gasteiger charge is -2.25. The summed E-state index contributed by atoms with van der Waals surface area (Å²) in [4.78, 5) is 2.48. The largest absolute Gasteiger partial charge is 0.323 e. The molecule has 0 aliphatic heterocycles. The summed E-state index contributed by atoms with van der Waals surface area (Å²) in [6.07, 6.45) is 2.37. The number of nitrogens with zero attached hydrogens (tertiary/aromatic N) is 1. The monoisotopic (exact) mass is 270 g/mol. The van der Waals surface area contributed by atoms with Crippen molar-refractivity contribution in [3.05, 3.63) is 48.0 Å². The van der Waals surface area contributed by atoms with Crippen molar-refractivity contribution in [3.8, 4) is 0 Å². The van der Waals surface area contributed by atoms with E-state index in [1.54, 1.807) is 0 Å². The summed E-state index contributed by atoms with van der Waals surface area (Å²) in [6, 6.07) is 15.0. The molecule has 2 N–H and O–H groups in total. The zero-order chi connectivity index (χ0) is 14.4. The average molecular weight is 270 g/mol. The number of hydrogen-bond donors (Lipinski definition) is 1. The van der Waals surface area contributed by atoms with Crippen LogP contribution in [-0.4, -0.2) is 24.5 Å². The number of benzene rings is 2. The van der Waals surface area contributed by atoms with Crippen LogP contribution in [0.4, 0.5) is 0 Å². The van der Waals surface area contributed by atoms with E-state index in [1.807, 2.05) is 0 Å². The molecular formula is C18H26N2. The quantitative estimate of drug-likeness (QED) is 0.825. The van der Waals surface area contributed by atoms with E-state index in [0.29, 0.717) is 0 Å². The summed E-state index contributed by atoms with van der Waals surface area (Å²) >= 11 is 0. The maximum absolute atomic E-state index is 6.48. The van der Waals surface area contributed by atoms with Gasteiger partial charge in [-0.2, -0.15) is 0 Å². The molecule has 0 spiro atoms. The molecule has 0 aliphatic carbocycles. The van der Waals surface area contributed by atoms with Crippen molar-refractivity contribution in [2.24, 2.45) is 5.73 Å². The third kappa shape index (κ3) is 3.59. The lowest BCUT2D eigenvalue weighted by atomic mass is 9.99. The normalized spacial score (nSPS) is 13.0. The molecule has 1 unspecified atom stereocenters. The average Bonchev–Trinajstić information content (AvgIpc) is 2.47. The van der Waals surface area contributed by atoms with E-state index in [2.05, 4.69) is 61.2 Å². The summed E-state index contributed by atoms with van der Waals surface area (Å²) in [6.45, 7) is 7.66. The lowest BCUT2D eigenvalue weighted by Crippen LogP contribution is -2.33. The number of rotatable bonds is 7. The third-order valence-electron chi connectivity index (χ3n) is 3.76. The molecule has 0 fully saturated rings. The standard InChI is InChI=1S/C18H26N2/c1-3-12-20(13-4-2)14-18(19)17-11-7-9-15-8-5-6-10-16(15)17/h5-11,18H,3-4,12-14,19H2,1-2H3. The fourth-order valence-electron chi connectivity index (χ4n) is 2.88. The first-order valence-corrected chi connectivity index (χ1v) is 7.71. The predicted octanol–water partition coefficient (Wildman–Crippen LogP) is 3.96. The molecule has 0 aliphatic rings. The summed E-state index contributed by atoms with van der Waals surface area (Å²) in [5, 5.41) is 2.56. The van der Waals surface area contributed by atoms with Gasteiger partial charge in [0.15, 0.2) is 0 Å². The van der Waals surface area contributed by atoms with Crippen LogP contribution in [0, 0.1) is 0 Å². The molecule has 108 valence electrons. The molecule has 1 atom stereocenters. The zero-order valence-corrected chi connectivity index (χ0v) is 12.7. The number of nitrogens with two attached hydrogens (primary N) is 1. The van der Waals surface area contributed by atoms with Crippen molar-refractivity contribution in [1.29, 1.82) is 0 Å². The molecule has 2 heteroatoms. The Labute approximate surface area is 122 Å². The minimum absolute atomic E-state index is 0.0826. The molecule has 0 saturated heterocycles. The van der Waals surface area contributed by atoms with Crippen molar-refractivity contribution >= 4 is 10.8 Å². The highest BCUT2D eigenvalue weighted by molar-refractivity contribution is 5.86. The van der Waals surface area contributed by atoms with Gasteiger partial charge in [0.1, 0.15) is 0 Å². The SMILES string of the molecule is CCCN(CCC)CC(N)c1cccc2ccccc12. The predicted molar refractivity (Wildman–Crippen MR) is 87.9 cm³/mol. The molecule has 2 rings (SSSR count). The van der Waals surface area contributed by atoms with E-state index < -0.39 is 0 Å². The van der Waals surface area contributed by atoms with Crippen LogP contribution >= 0.6 is 0 Å². The Morgan fingerprint density at radius 1 is 0.950 bits per heavy atom. The minimum atomic E-state index is 0.0826. The van der Waals surface area contributed by atoms with Crippen molar-refractivity contribution in [2.45, 2.75) is 32.7 Å². The van der Waals surface area contributed by atoms with Crippen LogP contribution in [0.25, 0.3) is 10.8 Å². The van der Waals surface area contributed by atoms with E-state index in [1.165, 1.54) is 29.2 Å². The smallest absolute Gasteiger partial charge is 0.0430 e. The van der Waals surface area contributed by atoms with Crippen LogP contribution in [0.1, 0.15) is 38.3 Å². The second kappa shape index (κ2) is 7.41. The maximum atomic E-state index is 6.48. The van der Waals surface area contributed by atoms with Gasteiger partial charge in [-0.05, 0) is 42.3 Å². The first kappa shape index (κ1) is 15.0.